The van der Waals surface area contributed by atoms with E-state index in [9.17, 15) is 19.1 Å². The Kier molecular flexibility index (Phi) is 6.84. The van der Waals surface area contributed by atoms with Crippen LogP contribution in [0.1, 0.15) is 61.1 Å². The second kappa shape index (κ2) is 9.93. The summed E-state index contributed by atoms with van der Waals surface area (Å²) in [6, 6.07) is 14.9. The van der Waals surface area contributed by atoms with Gasteiger partial charge in [0.2, 0.25) is 11.7 Å². The first kappa shape index (κ1) is 25.5. The summed E-state index contributed by atoms with van der Waals surface area (Å²) in [6.45, 7) is 0. The molecule has 3 aromatic rings. The van der Waals surface area contributed by atoms with E-state index in [0.29, 0.717) is 36.7 Å². The van der Waals surface area contributed by atoms with Gasteiger partial charge in [0.1, 0.15) is 16.7 Å². The molecule has 1 heterocycles. The van der Waals surface area contributed by atoms with Crippen LogP contribution in [0.15, 0.2) is 46.9 Å². The van der Waals surface area contributed by atoms with Gasteiger partial charge in [-0.25, -0.2) is 4.21 Å². The quantitative estimate of drug-likeness (QED) is 0.359. The first-order chi connectivity index (χ1) is 17.7. The van der Waals surface area contributed by atoms with Crippen LogP contribution in [-0.2, 0) is 21.6 Å². The van der Waals surface area contributed by atoms with E-state index < -0.39 is 28.1 Å². The average Bonchev–Trinajstić information content (AvgIpc) is 3.59. The fraction of sp³-hybridized carbons (Fsp3) is 0.370. The van der Waals surface area contributed by atoms with Crippen LogP contribution >= 0.6 is 11.6 Å². The van der Waals surface area contributed by atoms with E-state index in [1.165, 1.54) is 0 Å². The lowest BCUT2D eigenvalue weighted by Gasteiger charge is -2.37. The molecule has 2 fully saturated rings. The summed E-state index contributed by atoms with van der Waals surface area (Å²) in [5.74, 6) is -0.901. The normalized spacial score (nSPS) is 18.5. The molecule has 10 heteroatoms. The Morgan fingerprint density at radius 1 is 1.03 bits per heavy atom. The summed E-state index contributed by atoms with van der Waals surface area (Å²) >= 11 is 4.64. The molecule has 1 atom stereocenters. The number of nitrogens with one attached hydrogen (secondary N) is 2. The molecule has 5 rings (SSSR count). The van der Waals surface area contributed by atoms with Crippen molar-refractivity contribution in [3.63, 3.8) is 0 Å². The van der Waals surface area contributed by atoms with Gasteiger partial charge in [0.05, 0.1) is 16.8 Å². The molecule has 2 amide bonds. The topological polar surface area (TPSA) is 132 Å². The number of hydrogen-bond acceptors (Lipinski definition) is 5. The molecule has 1 aromatic heterocycles. The lowest BCUT2D eigenvalue weighted by molar-refractivity contribution is -0.129. The van der Waals surface area contributed by atoms with Crippen LogP contribution in [0.25, 0.3) is 22.1 Å². The van der Waals surface area contributed by atoms with Crippen molar-refractivity contribution in [2.75, 3.05) is 0 Å². The fourth-order valence-electron chi connectivity index (χ4n) is 4.89. The van der Waals surface area contributed by atoms with Gasteiger partial charge in [-0.1, -0.05) is 61.2 Å². The lowest BCUT2D eigenvalue weighted by Crippen LogP contribution is -2.61. The molecule has 192 valence electrons. The van der Waals surface area contributed by atoms with Gasteiger partial charge in [-0.2, -0.15) is 5.26 Å². The summed E-state index contributed by atoms with van der Waals surface area (Å²) < 4.78 is 26.0. The Balaban J connectivity index is 1.40. The zero-order valence-electron chi connectivity index (χ0n) is 20.0. The number of furan rings is 1. The van der Waals surface area contributed by atoms with E-state index in [0.717, 1.165) is 36.0 Å². The Hall–Kier alpha value is -3.19. The standard InChI is InChI=1S/C27H26ClN3O5S/c28-22-20-9-8-19(18-6-4-17(5-7-18)15-37(34)35)14-21(20)36-23(22)24(32)30-27(10-2-1-3-11-27)25(33)31-26(16-29)12-13-26/h4-9,14H,1-3,10-13,15H2,(H,30,32)(H,31,33)(H,34,35). The van der Waals surface area contributed by atoms with Gasteiger partial charge in [0.25, 0.3) is 5.91 Å². The summed E-state index contributed by atoms with van der Waals surface area (Å²) in [7, 11) is 0. The van der Waals surface area contributed by atoms with Crippen LogP contribution in [0.4, 0.5) is 0 Å². The Morgan fingerprint density at radius 2 is 1.70 bits per heavy atom. The molecule has 2 aromatic carbocycles. The zero-order chi connectivity index (χ0) is 26.2. The summed E-state index contributed by atoms with van der Waals surface area (Å²) in [6.07, 6.45) is 4.74. The van der Waals surface area contributed by atoms with Crippen molar-refractivity contribution in [3.05, 3.63) is 58.8 Å². The summed E-state index contributed by atoms with van der Waals surface area (Å²) in [5, 5.41) is 15.9. The molecule has 2 aliphatic rings. The van der Waals surface area contributed by atoms with E-state index in [4.69, 9.17) is 20.6 Å². The number of benzene rings is 2. The largest absolute Gasteiger partial charge is 0.449 e. The van der Waals surface area contributed by atoms with Crippen molar-refractivity contribution >= 4 is 45.5 Å². The molecular weight excluding hydrogens is 514 g/mol. The molecule has 8 nitrogen and oxygen atoms in total. The monoisotopic (exact) mass is 539 g/mol. The third-order valence-electron chi connectivity index (χ3n) is 7.22. The molecule has 3 N–H and O–H groups in total. The van der Waals surface area contributed by atoms with Gasteiger partial charge < -0.3 is 19.6 Å². The SMILES string of the molecule is N#CC1(NC(=O)C2(NC(=O)c3oc4cc(-c5ccc(CS(=O)O)cc5)ccc4c3Cl)CCCCC2)CC1. The van der Waals surface area contributed by atoms with Gasteiger partial charge in [0, 0.05) is 5.39 Å². The minimum atomic E-state index is -1.91. The van der Waals surface area contributed by atoms with Gasteiger partial charge >= 0.3 is 0 Å². The summed E-state index contributed by atoms with van der Waals surface area (Å²) in [4.78, 5) is 26.6. The maximum Gasteiger partial charge on any atom is 0.289 e. The first-order valence-corrected chi connectivity index (χ1v) is 13.8. The minimum absolute atomic E-state index is 0.0581. The maximum atomic E-state index is 13.4. The minimum Gasteiger partial charge on any atom is -0.449 e. The number of amides is 2. The molecule has 1 unspecified atom stereocenters. The third kappa shape index (κ3) is 5.14. The Labute approximate surface area is 221 Å². The highest BCUT2D eigenvalue weighted by molar-refractivity contribution is 7.78. The first-order valence-electron chi connectivity index (χ1n) is 12.2. The number of halogens is 1. The lowest BCUT2D eigenvalue weighted by atomic mass is 9.80. The molecule has 2 saturated carbocycles. The maximum absolute atomic E-state index is 13.4. The Morgan fingerprint density at radius 3 is 2.32 bits per heavy atom. The van der Waals surface area contributed by atoms with Crippen LogP contribution in [0.2, 0.25) is 5.02 Å². The van der Waals surface area contributed by atoms with Gasteiger partial charge in [0.15, 0.2) is 11.1 Å². The predicted molar refractivity (Wildman–Crippen MR) is 140 cm³/mol. The molecule has 0 aliphatic heterocycles. The number of carbonyl (C=O) groups is 2. The second-order valence-corrected chi connectivity index (χ2v) is 11.2. The van der Waals surface area contributed by atoms with Crippen LogP contribution in [0, 0.1) is 11.3 Å². The van der Waals surface area contributed by atoms with Gasteiger partial charge in [-0.05, 0) is 54.5 Å². The summed E-state index contributed by atoms with van der Waals surface area (Å²) in [5.41, 5.74) is 0.932. The average molecular weight is 540 g/mol. The van der Waals surface area contributed by atoms with Gasteiger partial charge in [-0.3, -0.25) is 9.59 Å². The number of carbonyl (C=O) groups excluding carboxylic acids is 2. The highest BCUT2D eigenvalue weighted by Crippen LogP contribution is 2.38. The number of nitriles is 1. The molecule has 37 heavy (non-hydrogen) atoms. The fourth-order valence-corrected chi connectivity index (χ4v) is 5.65. The second-order valence-electron chi connectivity index (χ2n) is 9.86. The highest BCUT2D eigenvalue weighted by atomic mass is 35.5. The third-order valence-corrected chi connectivity index (χ3v) is 8.18. The van der Waals surface area contributed by atoms with Crippen molar-refractivity contribution in [2.24, 2.45) is 0 Å². The highest BCUT2D eigenvalue weighted by Gasteiger charge is 2.50. The molecule has 0 saturated heterocycles. The van der Waals surface area contributed by atoms with Crippen LogP contribution in [0.3, 0.4) is 0 Å². The zero-order valence-corrected chi connectivity index (χ0v) is 21.6. The van der Waals surface area contributed by atoms with E-state index >= 15 is 0 Å². The van der Waals surface area contributed by atoms with Crippen molar-refractivity contribution in [2.45, 2.75) is 61.8 Å². The Bertz CT molecular complexity index is 1430. The van der Waals surface area contributed by atoms with E-state index in [-0.39, 0.29) is 22.4 Å². The van der Waals surface area contributed by atoms with Crippen LogP contribution in [-0.4, -0.2) is 31.7 Å². The molecular formula is C27H26ClN3O5S. The van der Waals surface area contributed by atoms with Crippen molar-refractivity contribution in [1.82, 2.24) is 10.6 Å². The molecule has 2 aliphatic carbocycles. The smallest absolute Gasteiger partial charge is 0.289 e. The predicted octanol–water partition coefficient (Wildman–Crippen LogP) is 5.08. The number of nitrogens with zero attached hydrogens (tertiary/aromatic N) is 1. The molecule has 0 radical (unpaired) electrons. The molecule has 0 bridgehead atoms. The molecule has 0 spiro atoms. The number of hydrogen-bond donors (Lipinski definition) is 3. The van der Waals surface area contributed by atoms with Crippen molar-refractivity contribution in [1.29, 1.82) is 5.26 Å². The van der Waals surface area contributed by atoms with Crippen molar-refractivity contribution < 1.29 is 22.8 Å². The van der Waals surface area contributed by atoms with Crippen molar-refractivity contribution in [3.8, 4) is 17.2 Å². The number of fused-ring (bicyclic) bond motifs is 1. The van der Waals surface area contributed by atoms with Crippen LogP contribution < -0.4 is 10.6 Å². The van der Waals surface area contributed by atoms with E-state index in [2.05, 4.69) is 16.7 Å². The van der Waals surface area contributed by atoms with Gasteiger partial charge in [-0.15, -0.1) is 0 Å². The van der Waals surface area contributed by atoms with E-state index in [1.54, 1.807) is 24.3 Å². The van der Waals surface area contributed by atoms with Crippen LogP contribution in [0.5, 0.6) is 0 Å². The van der Waals surface area contributed by atoms with E-state index in [1.807, 2.05) is 18.2 Å². The number of rotatable bonds is 7.